The second-order valence-corrected chi connectivity index (χ2v) is 5.04. The molecule has 1 rings (SSSR count). The average molecular weight is 244 g/mol. The molecule has 0 aliphatic carbocycles. The Morgan fingerprint density at radius 3 is 2.47 bits per heavy atom. The molecule has 1 amide bonds. The molecule has 2 atom stereocenters. The van der Waals surface area contributed by atoms with Crippen molar-refractivity contribution in [3.05, 3.63) is 0 Å². The van der Waals surface area contributed by atoms with Crippen molar-refractivity contribution in [1.29, 1.82) is 0 Å². The molecule has 0 aromatic rings. The van der Waals surface area contributed by atoms with Crippen molar-refractivity contribution in [1.82, 2.24) is 10.6 Å². The minimum Gasteiger partial charge on any atom is -0.469 e. The summed E-state index contributed by atoms with van der Waals surface area (Å²) in [6.45, 7) is 6.41. The molecule has 0 bridgehead atoms. The Labute approximate surface area is 101 Å². The van der Waals surface area contributed by atoms with Gasteiger partial charge in [-0.1, -0.05) is 0 Å². The number of nitrogens with one attached hydrogen (secondary N) is 2. The zero-order valence-electron chi connectivity index (χ0n) is 10.7. The van der Waals surface area contributed by atoms with Crippen molar-refractivity contribution in [2.45, 2.75) is 32.4 Å². The molecule has 17 heavy (non-hydrogen) atoms. The smallest absolute Gasteiger partial charge is 0.407 e. The van der Waals surface area contributed by atoms with Crippen LogP contribution in [0.3, 0.4) is 0 Å². The van der Waals surface area contributed by atoms with E-state index in [9.17, 15) is 9.59 Å². The van der Waals surface area contributed by atoms with Gasteiger partial charge in [-0.15, -0.1) is 0 Å². The van der Waals surface area contributed by atoms with E-state index in [0.717, 1.165) is 0 Å². The minimum atomic E-state index is -0.545. The average Bonchev–Trinajstić information content (AvgIpc) is 2.61. The van der Waals surface area contributed by atoms with Crippen LogP contribution in [0.1, 0.15) is 20.8 Å². The van der Waals surface area contributed by atoms with Gasteiger partial charge in [0.1, 0.15) is 5.60 Å². The van der Waals surface area contributed by atoms with Crippen LogP contribution in [0.2, 0.25) is 0 Å². The van der Waals surface area contributed by atoms with E-state index in [2.05, 4.69) is 15.4 Å². The van der Waals surface area contributed by atoms with Crippen molar-refractivity contribution in [2.24, 2.45) is 5.92 Å². The first-order valence-corrected chi connectivity index (χ1v) is 5.61. The summed E-state index contributed by atoms with van der Waals surface area (Å²) in [5.41, 5.74) is -0.545. The van der Waals surface area contributed by atoms with E-state index in [1.54, 1.807) is 20.8 Å². The van der Waals surface area contributed by atoms with Gasteiger partial charge < -0.3 is 20.1 Å². The zero-order chi connectivity index (χ0) is 13.1. The lowest BCUT2D eigenvalue weighted by Gasteiger charge is -2.23. The summed E-state index contributed by atoms with van der Waals surface area (Å²) in [5, 5.41) is 5.71. The van der Waals surface area contributed by atoms with E-state index >= 15 is 0 Å². The standard InChI is InChI=1S/C11H20N2O4/c1-11(2,3)17-10(15)13-8-6-12-5-7(8)9(14)16-4/h7-8,12H,5-6H2,1-4H3,(H,13,15)/t7-,8-/m1/s1. The summed E-state index contributed by atoms with van der Waals surface area (Å²) in [4.78, 5) is 23.0. The quantitative estimate of drug-likeness (QED) is 0.682. The van der Waals surface area contributed by atoms with Crippen LogP contribution < -0.4 is 10.6 Å². The summed E-state index contributed by atoms with van der Waals surface area (Å²) in [6.07, 6.45) is -0.514. The SMILES string of the molecule is COC(=O)[C@@H]1CNC[C@H]1NC(=O)OC(C)(C)C. The third kappa shape index (κ3) is 4.22. The van der Waals surface area contributed by atoms with Gasteiger partial charge in [0.2, 0.25) is 0 Å². The van der Waals surface area contributed by atoms with Crippen molar-refractivity contribution in [2.75, 3.05) is 20.2 Å². The fraction of sp³-hybridized carbons (Fsp3) is 0.818. The lowest BCUT2D eigenvalue weighted by Crippen LogP contribution is -2.45. The second-order valence-electron chi connectivity index (χ2n) is 5.04. The number of rotatable bonds is 2. The minimum absolute atomic E-state index is 0.280. The highest BCUT2D eigenvalue weighted by Gasteiger charge is 2.35. The molecule has 1 heterocycles. The molecule has 6 nitrogen and oxygen atoms in total. The maximum atomic E-state index is 11.6. The molecule has 0 radical (unpaired) electrons. The van der Waals surface area contributed by atoms with Gasteiger partial charge in [-0.05, 0) is 20.8 Å². The monoisotopic (exact) mass is 244 g/mol. The van der Waals surface area contributed by atoms with Crippen LogP contribution in [0.5, 0.6) is 0 Å². The summed E-state index contributed by atoms with van der Waals surface area (Å²) in [5.74, 6) is -0.677. The normalized spacial score (nSPS) is 24.2. The molecule has 1 saturated heterocycles. The first-order chi connectivity index (χ1) is 7.83. The lowest BCUT2D eigenvalue weighted by atomic mass is 10.0. The molecule has 1 fully saturated rings. The van der Waals surface area contributed by atoms with E-state index in [1.165, 1.54) is 7.11 Å². The summed E-state index contributed by atoms with van der Waals surface area (Å²) in [7, 11) is 1.34. The predicted molar refractivity (Wildman–Crippen MR) is 61.5 cm³/mol. The number of ether oxygens (including phenoxy) is 2. The molecule has 0 aromatic carbocycles. The summed E-state index contributed by atoms with van der Waals surface area (Å²) in [6, 6.07) is -0.280. The van der Waals surface area contributed by atoms with Crippen molar-refractivity contribution < 1.29 is 19.1 Å². The molecule has 0 aromatic heterocycles. The molecule has 2 N–H and O–H groups in total. The Balaban J connectivity index is 2.50. The van der Waals surface area contributed by atoms with Crippen LogP contribution in [-0.2, 0) is 14.3 Å². The van der Waals surface area contributed by atoms with Crippen LogP contribution in [-0.4, -0.2) is 43.9 Å². The van der Waals surface area contributed by atoms with Gasteiger partial charge in [-0.3, -0.25) is 4.79 Å². The van der Waals surface area contributed by atoms with Crippen LogP contribution in [0.4, 0.5) is 4.79 Å². The number of amides is 1. The third-order valence-electron chi connectivity index (χ3n) is 2.42. The molecular weight excluding hydrogens is 224 g/mol. The molecule has 1 aliphatic heterocycles. The highest BCUT2D eigenvalue weighted by Crippen LogP contribution is 2.12. The Kier molecular flexibility index (Phi) is 4.34. The van der Waals surface area contributed by atoms with Crippen molar-refractivity contribution >= 4 is 12.1 Å². The molecule has 0 spiro atoms. The maximum Gasteiger partial charge on any atom is 0.407 e. The van der Waals surface area contributed by atoms with E-state index < -0.39 is 11.7 Å². The Morgan fingerprint density at radius 2 is 1.94 bits per heavy atom. The van der Waals surface area contributed by atoms with E-state index in [1.807, 2.05) is 0 Å². The van der Waals surface area contributed by atoms with Gasteiger partial charge in [0, 0.05) is 13.1 Å². The number of hydrogen-bond donors (Lipinski definition) is 2. The van der Waals surface area contributed by atoms with Gasteiger partial charge in [0.15, 0.2) is 0 Å². The highest BCUT2D eigenvalue weighted by molar-refractivity contribution is 5.76. The van der Waals surface area contributed by atoms with Crippen LogP contribution in [0, 0.1) is 5.92 Å². The van der Waals surface area contributed by atoms with E-state index in [0.29, 0.717) is 13.1 Å². The third-order valence-corrected chi connectivity index (χ3v) is 2.42. The molecule has 1 aliphatic rings. The number of carbonyl (C=O) groups is 2. The number of esters is 1. The topological polar surface area (TPSA) is 76.7 Å². The highest BCUT2D eigenvalue weighted by atomic mass is 16.6. The van der Waals surface area contributed by atoms with Crippen LogP contribution in [0.25, 0.3) is 0 Å². The lowest BCUT2D eigenvalue weighted by molar-refractivity contribution is -0.145. The Hall–Kier alpha value is -1.30. The molecule has 0 saturated carbocycles. The van der Waals surface area contributed by atoms with E-state index in [4.69, 9.17) is 4.74 Å². The Bertz CT molecular complexity index is 298. The first kappa shape index (κ1) is 13.8. The molecular formula is C11H20N2O4. The van der Waals surface area contributed by atoms with E-state index in [-0.39, 0.29) is 17.9 Å². The van der Waals surface area contributed by atoms with Gasteiger partial charge in [-0.25, -0.2) is 4.79 Å². The summed E-state index contributed by atoms with van der Waals surface area (Å²) < 4.78 is 9.81. The maximum absolute atomic E-state index is 11.6. The fourth-order valence-corrected chi connectivity index (χ4v) is 1.69. The van der Waals surface area contributed by atoms with Crippen molar-refractivity contribution in [3.8, 4) is 0 Å². The molecule has 0 unspecified atom stereocenters. The number of methoxy groups -OCH3 is 1. The largest absolute Gasteiger partial charge is 0.469 e. The molecule has 6 heteroatoms. The predicted octanol–water partition coefficient (Wildman–Crippen LogP) is 0.272. The first-order valence-electron chi connectivity index (χ1n) is 5.61. The number of carbonyl (C=O) groups excluding carboxylic acids is 2. The van der Waals surface area contributed by atoms with Crippen LogP contribution >= 0.6 is 0 Å². The number of hydrogen-bond acceptors (Lipinski definition) is 5. The van der Waals surface area contributed by atoms with Gasteiger partial charge in [-0.2, -0.15) is 0 Å². The van der Waals surface area contributed by atoms with Gasteiger partial charge in [0.05, 0.1) is 19.1 Å². The van der Waals surface area contributed by atoms with Crippen molar-refractivity contribution in [3.63, 3.8) is 0 Å². The fourth-order valence-electron chi connectivity index (χ4n) is 1.69. The number of alkyl carbamates (subject to hydrolysis) is 1. The van der Waals surface area contributed by atoms with Gasteiger partial charge in [0.25, 0.3) is 0 Å². The zero-order valence-corrected chi connectivity index (χ0v) is 10.7. The molecule has 98 valence electrons. The van der Waals surface area contributed by atoms with Crippen LogP contribution in [0.15, 0.2) is 0 Å². The second kappa shape index (κ2) is 5.35. The van der Waals surface area contributed by atoms with Gasteiger partial charge >= 0.3 is 12.1 Å². The summed E-state index contributed by atoms with van der Waals surface area (Å²) >= 11 is 0. The Morgan fingerprint density at radius 1 is 1.29 bits per heavy atom.